The van der Waals surface area contributed by atoms with Crippen LogP contribution in [0.2, 0.25) is 0 Å². The highest BCUT2D eigenvalue weighted by molar-refractivity contribution is 7.15. The molecule has 0 spiro atoms. The molecule has 6 nitrogen and oxygen atoms in total. The Morgan fingerprint density at radius 1 is 1.21 bits per heavy atom. The van der Waals surface area contributed by atoms with E-state index < -0.39 is 0 Å². The van der Waals surface area contributed by atoms with Crippen LogP contribution in [-0.4, -0.2) is 53.2 Å². The van der Waals surface area contributed by atoms with Gasteiger partial charge in [-0.25, -0.2) is 0 Å². The van der Waals surface area contributed by atoms with Crippen LogP contribution in [-0.2, 0) is 11.2 Å². The highest BCUT2D eigenvalue weighted by Crippen LogP contribution is 2.18. The predicted octanol–water partition coefficient (Wildman–Crippen LogP) is 2.25. The molecule has 2 heterocycles. The Bertz CT molecular complexity index is 667. The average Bonchev–Trinajstić information content (AvgIpc) is 3.09. The van der Waals surface area contributed by atoms with Gasteiger partial charge in [-0.15, -0.1) is 10.2 Å². The van der Waals surface area contributed by atoms with Crippen LogP contribution in [0.4, 0.5) is 10.8 Å². The molecule has 0 radical (unpaired) electrons. The summed E-state index contributed by atoms with van der Waals surface area (Å²) in [6, 6.07) is 10.2. The molecule has 1 atom stereocenters. The maximum Gasteiger partial charge on any atom is 0.243 e. The second-order valence-corrected chi connectivity index (χ2v) is 6.94. The van der Waals surface area contributed by atoms with Gasteiger partial charge in [-0.05, 0) is 25.5 Å². The zero-order chi connectivity index (χ0) is 16.9. The maximum absolute atomic E-state index is 12.4. The van der Waals surface area contributed by atoms with Crippen LogP contribution in [0.3, 0.4) is 0 Å². The Labute approximate surface area is 146 Å². The molecular weight excluding hydrogens is 322 g/mol. The van der Waals surface area contributed by atoms with Crippen molar-refractivity contribution in [2.75, 3.05) is 36.4 Å². The van der Waals surface area contributed by atoms with Crippen molar-refractivity contribution in [1.29, 1.82) is 0 Å². The molecule has 2 aromatic rings. The van der Waals surface area contributed by atoms with Gasteiger partial charge >= 0.3 is 0 Å². The first kappa shape index (κ1) is 16.9. The molecule has 3 rings (SSSR count). The van der Waals surface area contributed by atoms with Crippen molar-refractivity contribution in [2.45, 2.75) is 26.3 Å². The number of rotatable bonds is 5. The van der Waals surface area contributed by atoms with E-state index in [4.69, 9.17) is 0 Å². The van der Waals surface area contributed by atoms with Gasteiger partial charge in [0, 0.05) is 31.9 Å². The molecular formula is C17H23N5OS. The van der Waals surface area contributed by atoms with Crippen LogP contribution in [0.1, 0.15) is 18.9 Å². The quantitative estimate of drug-likeness (QED) is 0.901. The van der Waals surface area contributed by atoms with E-state index in [1.165, 1.54) is 17.0 Å². The molecule has 128 valence electrons. The monoisotopic (exact) mass is 345 g/mol. The lowest BCUT2D eigenvalue weighted by Gasteiger charge is -2.38. The number of amides is 1. The molecule has 0 bridgehead atoms. The van der Waals surface area contributed by atoms with Crippen LogP contribution in [0.15, 0.2) is 30.3 Å². The normalized spacial score (nSPS) is 16.8. The van der Waals surface area contributed by atoms with Gasteiger partial charge in [0.1, 0.15) is 5.01 Å². The summed E-state index contributed by atoms with van der Waals surface area (Å²) in [6.45, 7) is 7.59. The molecule has 0 unspecified atom stereocenters. The molecule has 1 aliphatic heterocycles. The number of hydrogen-bond acceptors (Lipinski definition) is 6. The molecule has 1 fully saturated rings. The van der Waals surface area contributed by atoms with Crippen LogP contribution in [0.25, 0.3) is 0 Å². The topological polar surface area (TPSA) is 61.4 Å². The minimum Gasteiger partial charge on any atom is -0.369 e. The van der Waals surface area contributed by atoms with Gasteiger partial charge in [-0.2, -0.15) is 0 Å². The van der Waals surface area contributed by atoms with Crippen molar-refractivity contribution in [3.05, 3.63) is 35.3 Å². The summed E-state index contributed by atoms with van der Waals surface area (Å²) in [6.07, 6.45) is 0.838. The molecule has 24 heavy (non-hydrogen) atoms. The van der Waals surface area contributed by atoms with Gasteiger partial charge in [-0.3, -0.25) is 15.0 Å². The first-order valence-corrected chi connectivity index (χ1v) is 9.16. The Morgan fingerprint density at radius 2 is 1.92 bits per heavy atom. The fraction of sp³-hybridized carbons (Fsp3) is 0.471. The Morgan fingerprint density at radius 3 is 2.54 bits per heavy atom. The Hall–Kier alpha value is -1.99. The minimum atomic E-state index is -0.170. The maximum atomic E-state index is 12.4. The Kier molecular flexibility index (Phi) is 5.42. The molecule has 7 heteroatoms. The number of nitrogens with one attached hydrogen (secondary N) is 1. The first-order valence-electron chi connectivity index (χ1n) is 8.34. The number of aryl methyl sites for hydroxylation is 1. The van der Waals surface area contributed by atoms with Crippen LogP contribution in [0, 0.1) is 0 Å². The second kappa shape index (κ2) is 7.72. The number of benzene rings is 1. The van der Waals surface area contributed by atoms with Gasteiger partial charge < -0.3 is 4.90 Å². The number of nitrogens with zero attached hydrogens (tertiary/aromatic N) is 4. The molecule has 1 amide bonds. The lowest BCUT2D eigenvalue weighted by atomic mass is 10.2. The third-order valence-corrected chi connectivity index (χ3v) is 5.35. The van der Waals surface area contributed by atoms with Gasteiger partial charge in [0.05, 0.1) is 6.04 Å². The number of hydrogen-bond donors (Lipinski definition) is 1. The van der Waals surface area contributed by atoms with Gasteiger partial charge in [0.25, 0.3) is 0 Å². The number of anilines is 2. The van der Waals surface area contributed by atoms with E-state index in [0.717, 1.165) is 37.6 Å². The fourth-order valence-electron chi connectivity index (χ4n) is 2.83. The van der Waals surface area contributed by atoms with E-state index in [-0.39, 0.29) is 11.9 Å². The average molecular weight is 345 g/mol. The first-order chi connectivity index (χ1) is 11.7. The van der Waals surface area contributed by atoms with Crippen molar-refractivity contribution in [2.24, 2.45) is 0 Å². The van der Waals surface area contributed by atoms with E-state index >= 15 is 0 Å². The van der Waals surface area contributed by atoms with Gasteiger partial charge in [0.2, 0.25) is 11.0 Å². The molecule has 1 aliphatic rings. The summed E-state index contributed by atoms with van der Waals surface area (Å²) < 4.78 is 0. The van der Waals surface area contributed by atoms with E-state index in [1.54, 1.807) is 0 Å². The largest absolute Gasteiger partial charge is 0.369 e. The van der Waals surface area contributed by atoms with Crippen molar-refractivity contribution < 1.29 is 4.79 Å². The summed E-state index contributed by atoms with van der Waals surface area (Å²) in [5.74, 6) is -0.0121. The summed E-state index contributed by atoms with van der Waals surface area (Å²) in [5.41, 5.74) is 1.25. The minimum absolute atomic E-state index is 0.0121. The van der Waals surface area contributed by atoms with E-state index in [9.17, 15) is 4.79 Å². The van der Waals surface area contributed by atoms with Crippen molar-refractivity contribution in [3.8, 4) is 0 Å². The standard InChI is InChI=1S/C17H23N5OS/c1-3-15-19-20-17(24-15)18-16(23)13(2)21-9-11-22(12-10-21)14-7-5-4-6-8-14/h4-8,13H,3,9-12H2,1-2H3,(H,18,20,23)/t13-/m0/s1. The molecule has 1 aromatic heterocycles. The number of carbonyl (C=O) groups is 1. The van der Waals surface area contributed by atoms with Crippen LogP contribution in [0.5, 0.6) is 0 Å². The number of carbonyl (C=O) groups excluding carboxylic acids is 1. The smallest absolute Gasteiger partial charge is 0.243 e. The molecule has 1 aromatic carbocycles. The van der Waals surface area contributed by atoms with E-state index in [1.807, 2.05) is 19.9 Å². The number of aromatic nitrogens is 2. The van der Waals surface area contributed by atoms with E-state index in [0.29, 0.717) is 5.13 Å². The summed E-state index contributed by atoms with van der Waals surface area (Å²) >= 11 is 1.44. The summed E-state index contributed by atoms with van der Waals surface area (Å²) in [4.78, 5) is 17.0. The highest BCUT2D eigenvalue weighted by atomic mass is 32.1. The summed E-state index contributed by atoms with van der Waals surface area (Å²) in [7, 11) is 0. The second-order valence-electron chi connectivity index (χ2n) is 5.88. The van der Waals surface area contributed by atoms with Crippen molar-refractivity contribution >= 4 is 28.1 Å². The Balaban J connectivity index is 1.52. The SMILES string of the molecule is CCc1nnc(NC(=O)[C@H](C)N2CCN(c3ccccc3)CC2)s1. The lowest BCUT2D eigenvalue weighted by Crippen LogP contribution is -2.52. The van der Waals surface area contributed by atoms with Crippen LogP contribution >= 0.6 is 11.3 Å². The lowest BCUT2D eigenvalue weighted by molar-refractivity contribution is -0.120. The van der Waals surface area contributed by atoms with Gasteiger partial charge in [-0.1, -0.05) is 36.5 Å². The molecule has 1 N–H and O–H groups in total. The molecule has 1 saturated heterocycles. The molecule has 0 aliphatic carbocycles. The summed E-state index contributed by atoms with van der Waals surface area (Å²) in [5, 5.41) is 12.5. The molecule has 0 saturated carbocycles. The third kappa shape index (κ3) is 3.91. The third-order valence-electron chi connectivity index (χ3n) is 4.36. The zero-order valence-corrected chi connectivity index (χ0v) is 14.9. The highest BCUT2D eigenvalue weighted by Gasteiger charge is 2.26. The van der Waals surface area contributed by atoms with Crippen molar-refractivity contribution in [1.82, 2.24) is 15.1 Å². The zero-order valence-electron chi connectivity index (χ0n) is 14.1. The fourth-order valence-corrected chi connectivity index (χ4v) is 3.51. The number of piperazine rings is 1. The number of para-hydroxylation sites is 1. The van der Waals surface area contributed by atoms with Crippen molar-refractivity contribution in [3.63, 3.8) is 0 Å². The van der Waals surface area contributed by atoms with E-state index in [2.05, 4.69) is 49.6 Å². The predicted molar refractivity (Wildman–Crippen MR) is 97.6 cm³/mol. The van der Waals surface area contributed by atoms with Crippen LogP contribution < -0.4 is 10.2 Å². The van der Waals surface area contributed by atoms with Gasteiger partial charge in [0.15, 0.2) is 0 Å².